The number of benzene rings is 2. The summed E-state index contributed by atoms with van der Waals surface area (Å²) in [6.07, 6.45) is 3.53. The lowest BCUT2D eigenvalue weighted by molar-refractivity contribution is 0.568. The van der Waals surface area contributed by atoms with Crippen LogP contribution in [0.15, 0.2) is 54.6 Å². The standard InChI is InChI=1S/C23H26FN5O2S/c1-17-15-22(27-23(25-17)29-13-5-2-6-14-29)26-19-9-11-20(12-10-19)28-32(30,31)16-18-7-3-4-8-21(18)24/h3-4,7-12,15,28H,2,5-6,13-14,16H2,1H3,(H,25,26,27). The first kappa shape index (κ1) is 22.0. The fourth-order valence-corrected chi connectivity index (χ4v) is 4.87. The Labute approximate surface area is 187 Å². The van der Waals surface area contributed by atoms with E-state index < -0.39 is 21.6 Å². The third-order valence-corrected chi connectivity index (χ3v) is 6.45. The Hall–Kier alpha value is -3.20. The van der Waals surface area contributed by atoms with Gasteiger partial charge in [-0.25, -0.2) is 17.8 Å². The lowest BCUT2D eigenvalue weighted by Gasteiger charge is -2.27. The molecule has 2 heterocycles. The van der Waals surface area contributed by atoms with Crippen LogP contribution in [-0.4, -0.2) is 31.5 Å². The molecule has 1 aromatic heterocycles. The number of aromatic nitrogens is 2. The van der Waals surface area contributed by atoms with Crippen LogP contribution >= 0.6 is 0 Å². The maximum Gasteiger partial charge on any atom is 0.237 e. The Morgan fingerprint density at radius 3 is 2.38 bits per heavy atom. The molecule has 0 radical (unpaired) electrons. The highest BCUT2D eigenvalue weighted by molar-refractivity contribution is 7.91. The van der Waals surface area contributed by atoms with Crippen molar-refractivity contribution in [1.29, 1.82) is 0 Å². The van der Waals surface area contributed by atoms with Gasteiger partial charge in [0.15, 0.2) is 0 Å². The van der Waals surface area contributed by atoms with Gasteiger partial charge in [-0.3, -0.25) is 4.72 Å². The molecule has 2 N–H and O–H groups in total. The predicted molar refractivity (Wildman–Crippen MR) is 125 cm³/mol. The lowest BCUT2D eigenvalue weighted by atomic mass is 10.1. The number of piperidine rings is 1. The monoisotopic (exact) mass is 455 g/mol. The summed E-state index contributed by atoms with van der Waals surface area (Å²) >= 11 is 0. The van der Waals surface area contributed by atoms with Crippen LogP contribution in [0.1, 0.15) is 30.5 Å². The van der Waals surface area contributed by atoms with Gasteiger partial charge in [0.25, 0.3) is 0 Å². The average Bonchev–Trinajstić information content (AvgIpc) is 2.77. The number of nitrogens with zero attached hydrogens (tertiary/aromatic N) is 3. The number of anilines is 4. The van der Waals surface area contributed by atoms with E-state index >= 15 is 0 Å². The van der Waals surface area contributed by atoms with Crippen molar-refractivity contribution in [2.45, 2.75) is 31.9 Å². The summed E-state index contributed by atoms with van der Waals surface area (Å²) in [6, 6.07) is 14.6. The van der Waals surface area contributed by atoms with Crippen molar-refractivity contribution in [1.82, 2.24) is 9.97 Å². The second kappa shape index (κ2) is 9.52. The van der Waals surface area contributed by atoms with Gasteiger partial charge in [-0.1, -0.05) is 18.2 Å². The van der Waals surface area contributed by atoms with E-state index in [2.05, 4.69) is 24.9 Å². The molecule has 3 aromatic rings. The molecule has 4 rings (SSSR count). The zero-order valence-electron chi connectivity index (χ0n) is 17.9. The minimum Gasteiger partial charge on any atom is -0.341 e. The fourth-order valence-electron chi connectivity index (χ4n) is 3.66. The third-order valence-electron chi connectivity index (χ3n) is 5.22. The van der Waals surface area contributed by atoms with E-state index in [4.69, 9.17) is 0 Å². The van der Waals surface area contributed by atoms with Crippen molar-refractivity contribution in [2.24, 2.45) is 0 Å². The molecule has 1 aliphatic heterocycles. The fraction of sp³-hybridized carbons (Fsp3) is 0.304. The Balaban J connectivity index is 1.43. The van der Waals surface area contributed by atoms with Gasteiger partial charge in [-0.05, 0) is 56.5 Å². The van der Waals surface area contributed by atoms with E-state index in [9.17, 15) is 12.8 Å². The van der Waals surface area contributed by atoms with Gasteiger partial charge in [0, 0.05) is 41.8 Å². The largest absolute Gasteiger partial charge is 0.341 e. The van der Waals surface area contributed by atoms with Gasteiger partial charge in [-0.15, -0.1) is 0 Å². The molecule has 7 nitrogen and oxygen atoms in total. The summed E-state index contributed by atoms with van der Waals surface area (Å²) in [5, 5.41) is 3.26. The summed E-state index contributed by atoms with van der Waals surface area (Å²) in [5.74, 6) is 0.441. The number of sulfonamides is 1. The first-order valence-electron chi connectivity index (χ1n) is 10.6. The van der Waals surface area contributed by atoms with E-state index in [1.165, 1.54) is 24.6 Å². The molecule has 0 bridgehead atoms. The summed E-state index contributed by atoms with van der Waals surface area (Å²) in [6.45, 7) is 3.86. The number of rotatable bonds is 7. The van der Waals surface area contributed by atoms with Crippen molar-refractivity contribution < 1.29 is 12.8 Å². The zero-order valence-corrected chi connectivity index (χ0v) is 18.7. The SMILES string of the molecule is Cc1cc(Nc2ccc(NS(=O)(=O)Cc3ccccc3F)cc2)nc(N2CCCCC2)n1. The average molecular weight is 456 g/mol. The summed E-state index contributed by atoms with van der Waals surface area (Å²) in [5.41, 5.74) is 2.17. The molecular formula is C23H26FN5O2S. The van der Waals surface area contributed by atoms with E-state index in [1.54, 1.807) is 30.3 Å². The number of hydrogen-bond acceptors (Lipinski definition) is 6. The smallest absolute Gasteiger partial charge is 0.237 e. The van der Waals surface area contributed by atoms with Gasteiger partial charge in [0.05, 0.1) is 5.75 Å². The molecule has 168 valence electrons. The molecule has 1 saturated heterocycles. The Bertz CT molecular complexity index is 1180. The first-order valence-corrected chi connectivity index (χ1v) is 12.2. The van der Waals surface area contributed by atoms with Gasteiger partial charge < -0.3 is 10.2 Å². The van der Waals surface area contributed by atoms with E-state index in [-0.39, 0.29) is 5.56 Å². The van der Waals surface area contributed by atoms with Gasteiger partial charge in [0.1, 0.15) is 11.6 Å². The van der Waals surface area contributed by atoms with Crippen molar-refractivity contribution >= 4 is 33.2 Å². The molecule has 0 unspecified atom stereocenters. The molecule has 1 aliphatic rings. The van der Waals surface area contributed by atoms with Crippen LogP contribution in [0.5, 0.6) is 0 Å². The molecule has 0 aliphatic carbocycles. The molecule has 2 aromatic carbocycles. The molecular weight excluding hydrogens is 429 g/mol. The summed E-state index contributed by atoms with van der Waals surface area (Å²) < 4.78 is 41.1. The predicted octanol–water partition coefficient (Wildman–Crippen LogP) is 4.60. The van der Waals surface area contributed by atoms with Crippen LogP contribution in [0.4, 0.5) is 27.5 Å². The number of nitrogens with one attached hydrogen (secondary N) is 2. The van der Waals surface area contributed by atoms with Gasteiger partial charge in [-0.2, -0.15) is 4.98 Å². The molecule has 9 heteroatoms. The zero-order chi connectivity index (χ0) is 22.6. The van der Waals surface area contributed by atoms with Crippen molar-refractivity contribution in [3.05, 3.63) is 71.7 Å². The third kappa shape index (κ3) is 5.73. The highest BCUT2D eigenvalue weighted by Crippen LogP contribution is 2.23. The molecule has 0 spiro atoms. The first-order chi connectivity index (χ1) is 15.4. The molecule has 32 heavy (non-hydrogen) atoms. The van der Waals surface area contributed by atoms with Crippen LogP contribution in [0.25, 0.3) is 0 Å². The minimum absolute atomic E-state index is 0.127. The van der Waals surface area contributed by atoms with Crippen molar-refractivity contribution in [3.8, 4) is 0 Å². The second-order valence-electron chi connectivity index (χ2n) is 7.90. The molecule has 0 atom stereocenters. The van der Waals surface area contributed by atoms with Crippen LogP contribution in [0.2, 0.25) is 0 Å². The van der Waals surface area contributed by atoms with E-state index in [0.717, 1.165) is 43.3 Å². The maximum atomic E-state index is 13.8. The van der Waals surface area contributed by atoms with Crippen LogP contribution in [0.3, 0.4) is 0 Å². The molecule has 0 amide bonds. The lowest BCUT2D eigenvalue weighted by Crippen LogP contribution is -2.31. The Morgan fingerprint density at radius 1 is 0.969 bits per heavy atom. The van der Waals surface area contributed by atoms with Crippen molar-refractivity contribution in [3.63, 3.8) is 0 Å². The quantitative estimate of drug-likeness (QED) is 0.541. The van der Waals surface area contributed by atoms with Crippen LogP contribution in [-0.2, 0) is 15.8 Å². The Morgan fingerprint density at radius 2 is 1.66 bits per heavy atom. The number of halogens is 1. The second-order valence-corrected chi connectivity index (χ2v) is 9.62. The van der Waals surface area contributed by atoms with E-state index in [0.29, 0.717) is 11.5 Å². The normalized spacial score (nSPS) is 14.2. The maximum absolute atomic E-state index is 13.8. The Kier molecular flexibility index (Phi) is 6.55. The van der Waals surface area contributed by atoms with Gasteiger partial charge in [0.2, 0.25) is 16.0 Å². The highest BCUT2D eigenvalue weighted by atomic mass is 32.2. The number of aryl methyl sites for hydroxylation is 1. The number of hydrogen-bond donors (Lipinski definition) is 2. The minimum atomic E-state index is -3.74. The summed E-state index contributed by atoms with van der Waals surface area (Å²) in [7, 11) is -3.74. The molecule has 1 fully saturated rings. The van der Waals surface area contributed by atoms with E-state index in [1.807, 2.05) is 13.0 Å². The highest BCUT2D eigenvalue weighted by Gasteiger charge is 2.16. The molecule has 0 saturated carbocycles. The van der Waals surface area contributed by atoms with Crippen LogP contribution in [0, 0.1) is 12.7 Å². The van der Waals surface area contributed by atoms with Crippen molar-refractivity contribution in [2.75, 3.05) is 28.0 Å². The summed E-state index contributed by atoms with van der Waals surface area (Å²) in [4.78, 5) is 11.4. The topological polar surface area (TPSA) is 87.2 Å². The van der Waals surface area contributed by atoms with Crippen LogP contribution < -0.4 is 14.9 Å². The van der Waals surface area contributed by atoms with Gasteiger partial charge >= 0.3 is 0 Å².